The lowest BCUT2D eigenvalue weighted by molar-refractivity contribution is 0.0866. The van der Waals surface area contributed by atoms with E-state index in [0.29, 0.717) is 35.6 Å². The number of piperidine rings is 1. The Balaban J connectivity index is 1.29. The number of rotatable bonds is 7. The molecule has 1 N–H and O–H groups in total. The zero-order valence-electron chi connectivity index (χ0n) is 16.7. The molecule has 1 aromatic carbocycles. The van der Waals surface area contributed by atoms with Crippen LogP contribution in [0.5, 0.6) is 0 Å². The molecule has 2 aromatic rings. The Morgan fingerprint density at radius 1 is 1.17 bits per heavy atom. The van der Waals surface area contributed by atoms with Crippen molar-refractivity contribution in [2.75, 3.05) is 32.8 Å². The summed E-state index contributed by atoms with van der Waals surface area (Å²) in [4.78, 5) is 14.5. The number of hydrazone groups is 1. The number of cyclic esters (lactones) is 1. The smallest absolute Gasteiger partial charge is 0.430 e. The summed E-state index contributed by atoms with van der Waals surface area (Å²) in [7, 11) is 0. The first kappa shape index (κ1) is 20.9. The standard InChI is InChI=1S/C22H26ClN3O4/c23-18-3-1-17(2-4-18)21-6-5-19(29-21)13-24-26-15-20(30-22(26)28)14-25-10-7-16(8-11-25)9-12-27/h1-6,13,16,20,27H,7-12,14-15H2. The predicted molar refractivity (Wildman–Crippen MR) is 115 cm³/mol. The maximum Gasteiger partial charge on any atom is 0.430 e. The minimum absolute atomic E-state index is 0.190. The van der Waals surface area contributed by atoms with Gasteiger partial charge in [0.15, 0.2) is 0 Å². The number of carbonyl (C=O) groups is 1. The van der Waals surface area contributed by atoms with Crippen molar-refractivity contribution >= 4 is 23.9 Å². The fraction of sp³-hybridized carbons (Fsp3) is 0.455. The van der Waals surface area contributed by atoms with E-state index in [1.807, 2.05) is 36.4 Å². The van der Waals surface area contributed by atoms with Gasteiger partial charge in [-0.15, -0.1) is 0 Å². The summed E-state index contributed by atoms with van der Waals surface area (Å²) < 4.78 is 11.3. The van der Waals surface area contributed by atoms with Crippen LogP contribution < -0.4 is 0 Å². The van der Waals surface area contributed by atoms with Gasteiger partial charge in [-0.05, 0) is 74.7 Å². The Morgan fingerprint density at radius 3 is 2.67 bits per heavy atom. The van der Waals surface area contributed by atoms with Crippen LogP contribution in [0, 0.1) is 5.92 Å². The van der Waals surface area contributed by atoms with Crippen LogP contribution in [0.15, 0.2) is 45.9 Å². The quantitative estimate of drug-likeness (QED) is 0.673. The van der Waals surface area contributed by atoms with Gasteiger partial charge in [0.2, 0.25) is 0 Å². The van der Waals surface area contributed by atoms with Gasteiger partial charge in [-0.1, -0.05) is 11.6 Å². The number of carbonyl (C=O) groups excluding carboxylic acids is 1. The van der Waals surface area contributed by atoms with E-state index >= 15 is 0 Å². The van der Waals surface area contributed by atoms with Gasteiger partial charge in [0.25, 0.3) is 0 Å². The van der Waals surface area contributed by atoms with Crippen LogP contribution in [0.2, 0.25) is 5.02 Å². The molecular weight excluding hydrogens is 406 g/mol. The van der Waals surface area contributed by atoms with E-state index in [1.54, 1.807) is 0 Å². The van der Waals surface area contributed by atoms with Crippen LogP contribution in [-0.2, 0) is 4.74 Å². The van der Waals surface area contributed by atoms with Gasteiger partial charge < -0.3 is 14.3 Å². The van der Waals surface area contributed by atoms with Crippen molar-refractivity contribution in [1.82, 2.24) is 9.91 Å². The highest BCUT2D eigenvalue weighted by Crippen LogP contribution is 2.24. The van der Waals surface area contributed by atoms with Gasteiger partial charge in [-0.3, -0.25) is 4.90 Å². The number of amides is 1. The Kier molecular flexibility index (Phi) is 6.72. The van der Waals surface area contributed by atoms with Crippen molar-refractivity contribution < 1.29 is 19.1 Å². The summed E-state index contributed by atoms with van der Waals surface area (Å²) in [6.45, 7) is 3.35. The van der Waals surface area contributed by atoms with Crippen molar-refractivity contribution in [3.8, 4) is 11.3 Å². The lowest BCUT2D eigenvalue weighted by atomic mass is 9.94. The molecule has 2 fully saturated rings. The third kappa shape index (κ3) is 5.22. The lowest BCUT2D eigenvalue weighted by Gasteiger charge is -2.32. The molecule has 0 aliphatic carbocycles. The number of ether oxygens (including phenoxy) is 1. The van der Waals surface area contributed by atoms with Gasteiger partial charge in [0, 0.05) is 23.7 Å². The number of benzene rings is 1. The van der Waals surface area contributed by atoms with Crippen LogP contribution >= 0.6 is 11.6 Å². The zero-order chi connectivity index (χ0) is 20.9. The Bertz CT molecular complexity index is 875. The second-order valence-electron chi connectivity index (χ2n) is 7.80. The predicted octanol–water partition coefficient (Wildman–Crippen LogP) is 3.85. The molecule has 2 aliphatic heterocycles. The van der Waals surface area contributed by atoms with E-state index < -0.39 is 6.09 Å². The molecule has 0 bridgehead atoms. The molecule has 160 valence electrons. The highest BCUT2D eigenvalue weighted by atomic mass is 35.5. The second-order valence-corrected chi connectivity index (χ2v) is 8.23. The molecule has 3 heterocycles. The fourth-order valence-electron chi connectivity index (χ4n) is 3.94. The molecule has 8 heteroatoms. The van der Waals surface area contributed by atoms with E-state index in [0.717, 1.165) is 37.9 Å². The number of nitrogens with zero attached hydrogens (tertiary/aromatic N) is 3. The lowest BCUT2D eigenvalue weighted by Crippen LogP contribution is -2.40. The summed E-state index contributed by atoms with van der Waals surface area (Å²) >= 11 is 5.92. The first-order valence-corrected chi connectivity index (χ1v) is 10.7. The summed E-state index contributed by atoms with van der Waals surface area (Å²) in [6.07, 6.45) is 3.95. The van der Waals surface area contributed by atoms with Gasteiger partial charge in [0.1, 0.15) is 17.6 Å². The Morgan fingerprint density at radius 2 is 1.93 bits per heavy atom. The van der Waals surface area contributed by atoms with E-state index in [4.69, 9.17) is 25.9 Å². The highest BCUT2D eigenvalue weighted by molar-refractivity contribution is 6.30. The SMILES string of the molecule is O=C1OC(CN2CCC(CCO)CC2)CN1N=Cc1ccc(-c2ccc(Cl)cc2)o1. The summed E-state index contributed by atoms with van der Waals surface area (Å²) in [5, 5.41) is 15.3. The average Bonchev–Trinajstić information content (AvgIpc) is 3.35. The van der Waals surface area contributed by atoms with E-state index in [-0.39, 0.29) is 12.7 Å². The normalized spacial score (nSPS) is 20.9. The second kappa shape index (κ2) is 9.64. The number of furan rings is 1. The largest absolute Gasteiger partial charge is 0.455 e. The van der Waals surface area contributed by atoms with Crippen molar-refractivity contribution in [3.05, 3.63) is 47.2 Å². The molecule has 1 amide bonds. The van der Waals surface area contributed by atoms with Crippen LogP contribution in [0.4, 0.5) is 4.79 Å². The maximum absolute atomic E-state index is 12.1. The molecule has 1 aromatic heterocycles. The van der Waals surface area contributed by atoms with E-state index in [1.165, 1.54) is 11.2 Å². The number of aliphatic hydroxyl groups is 1. The maximum atomic E-state index is 12.1. The van der Waals surface area contributed by atoms with Crippen molar-refractivity contribution in [2.45, 2.75) is 25.4 Å². The minimum atomic E-state index is -0.434. The number of halogens is 1. The fourth-order valence-corrected chi connectivity index (χ4v) is 4.07. The number of likely N-dealkylation sites (tertiary alicyclic amines) is 1. The molecule has 30 heavy (non-hydrogen) atoms. The van der Waals surface area contributed by atoms with Crippen LogP contribution in [0.25, 0.3) is 11.3 Å². The van der Waals surface area contributed by atoms with Crippen LogP contribution in [0.3, 0.4) is 0 Å². The minimum Gasteiger partial charge on any atom is -0.455 e. The summed E-state index contributed by atoms with van der Waals surface area (Å²) in [5.74, 6) is 1.87. The molecule has 2 aliphatic rings. The molecule has 1 unspecified atom stereocenters. The van der Waals surface area contributed by atoms with Crippen molar-refractivity contribution in [2.24, 2.45) is 11.0 Å². The summed E-state index contributed by atoms with van der Waals surface area (Å²) in [6, 6.07) is 11.1. The Labute approximate surface area is 180 Å². The average molecular weight is 432 g/mol. The molecular formula is C22H26ClN3O4. The van der Waals surface area contributed by atoms with Crippen molar-refractivity contribution in [3.63, 3.8) is 0 Å². The first-order valence-electron chi connectivity index (χ1n) is 10.3. The Hall–Kier alpha value is -2.35. The van der Waals surface area contributed by atoms with Gasteiger partial charge in [-0.25, -0.2) is 4.79 Å². The molecule has 0 radical (unpaired) electrons. The van der Waals surface area contributed by atoms with Crippen molar-refractivity contribution in [1.29, 1.82) is 0 Å². The molecule has 1 atom stereocenters. The number of aliphatic hydroxyl groups excluding tert-OH is 1. The molecule has 0 spiro atoms. The monoisotopic (exact) mass is 431 g/mol. The summed E-state index contributed by atoms with van der Waals surface area (Å²) in [5.41, 5.74) is 0.919. The third-order valence-corrected chi connectivity index (χ3v) is 5.89. The molecule has 4 rings (SSSR count). The van der Waals surface area contributed by atoms with Gasteiger partial charge in [-0.2, -0.15) is 10.1 Å². The number of hydrogen-bond acceptors (Lipinski definition) is 6. The highest BCUT2D eigenvalue weighted by Gasteiger charge is 2.33. The molecule has 0 saturated carbocycles. The van der Waals surface area contributed by atoms with E-state index in [9.17, 15) is 4.79 Å². The van der Waals surface area contributed by atoms with E-state index in [2.05, 4.69) is 10.0 Å². The van der Waals surface area contributed by atoms with Crippen LogP contribution in [0.1, 0.15) is 25.0 Å². The third-order valence-electron chi connectivity index (χ3n) is 5.64. The van der Waals surface area contributed by atoms with Crippen LogP contribution in [-0.4, -0.2) is 66.2 Å². The topological polar surface area (TPSA) is 78.5 Å². The van der Waals surface area contributed by atoms with Gasteiger partial charge >= 0.3 is 6.09 Å². The van der Waals surface area contributed by atoms with Gasteiger partial charge in [0.05, 0.1) is 12.8 Å². The number of hydrogen-bond donors (Lipinski definition) is 1. The first-order chi connectivity index (χ1) is 14.6. The molecule has 2 saturated heterocycles. The zero-order valence-corrected chi connectivity index (χ0v) is 17.5. The molecule has 7 nitrogen and oxygen atoms in total.